The summed E-state index contributed by atoms with van der Waals surface area (Å²) in [6, 6.07) is 0.907. The van der Waals surface area contributed by atoms with E-state index in [1.54, 1.807) is 14.2 Å². The van der Waals surface area contributed by atoms with Crippen LogP contribution in [0.1, 0.15) is 19.8 Å². The van der Waals surface area contributed by atoms with E-state index in [9.17, 15) is 5.11 Å². The van der Waals surface area contributed by atoms with Crippen molar-refractivity contribution >= 4 is 16.9 Å². The van der Waals surface area contributed by atoms with Gasteiger partial charge in [0.15, 0.2) is 0 Å². The predicted molar refractivity (Wildman–Crippen MR) is 96.4 cm³/mol. The van der Waals surface area contributed by atoms with Crippen molar-refractivity contribution in [3.63, 3.8) is 0 Å². The van der Waals surface area contributed by atoms with Crippen molar-refractivity contribution in [3.8, 4) is 0 Å². The molecule has 0 aliphatic carbocycles. The Hall–Kier alpha value is 0.194. The van der Waals surface area contributed by atoms with Crippen LogP contribution in [-0.2, 0) is 22.8 Å². The summed E-state index contributed by atoms with van der Waals surface area (Å²) in [6.07, 6.45) is 2.00. The first kappa shape index (κ1) is 23.2. The summed E-state index contributed by atoms with van der Waals surface area (Å²) >= 11 is 0. The third-order valence-electron chi connectivity index (χ3n) is 3.81. The van der Waals surface area contributed by atoms with Gasteiger partial charge in [0, 0.05) is 34.0 Å². The van der Waals surface area contributed by atoms with Gasteiger partial charge in [-0.05, 0) is 45.5 Å². The highest BCUT2D eigenvalue weighted by atomic mass is 28.4. The Morgan fingerprint density at radius 3 is 2.22 bits per heavy atom. The maximum atomic E-state index is 9.31. The van der Waals surface area contributed by atoms with Gasteiger partial charge in [0.25, 0.3) is 0 Å². The van der Waals surface area contributed by atoms with Gasteiger partial charge in [-0.25, -0.2) is 0 Å². The Balaban J connectivity index is 3.53. The number of ether oxygens (including phenoxy) is 2. The average molecular weight is 369 g/mol. The molecule has 0 radical (unpaired) electrons. The third-order valence-corrected chi connectivity index (χ3v) is 8.75. The van der Waals surface area contributed by atoms with Crippen LogP contribution >= 0.6 is 0 Å². The van der Waals surface area contributed by atoms with Crippen LogP contribution in [0.5, 0.6) is 0 Å². The molecule has 0 aromatic carbocycles. The Morgan fingerprint density at radius 2 is 1.65 bits per heavy atom. The minimum absolute atomic E-state index is 0.0744. The predicted octanol–water partition coefficient (Wildman–Crippen LogP) is 2.31. The highest BCUT2D eigenvalue weighted by molar-refractivity contribution is 6.72. The van der Waals surface area contributed by atoms with E-state index in [1.165, 1.54) is 0 Å². The second kappa shape index (κ2) is 12.5. The van der Waals surface area contributed by atoms with Crippen molar-refractivity contribution in [1.82, 2.24) is 0 Å². The van der Waals surface area contributed by atoms with Gasteiger partial charge in [-0.2, -0.15) is 0 Å². The summed E-state index contributed by atoms with van der Waals surface area (Å²) < 4.78 is 27.7. The smallest absolute Gasteiger partial charge is 0.331 e. The van der Waals surface area contributed by atoms with Crippen molar-refractivity contribution in [3.05, 3.63) is 0 Å². The average Bonchev–Trinajstić information content (AvgIpc) is 2.54. The second-order valence-electron chi connectivity index (χ2n) is 6.48. The molecule has 0 aromatic heterocycles. The van der Waals surface area contributed by atoms with Crippen LogP contribution in [0.2, 0.25) is 25.7 Å². The Morgan fingerprint density at radius 1 is 0.957 bits per heavy atom. The zero-order chi connectivity index (χ0) is 17.8. The highest BCUT2D eigenvalue weighted by Crippen LogP contribution is 2.12. The fourth-order valence-corrected chi connectivity index (χ4v) is 3.95. The monoisotopic (exact) mass is 368 g/mol. The molecule has 0 fully saturated rings. The van der Waals surface area contributed by atoms with Gasteiger partial charge in [0.2, 0.25) is 8.32 Å². The molecule has 6 nitrogen and oxygen atoms in total. The summed E-state index contributed by atoms with van der Waals surface area (Å²) in [6.45, 7) is 10.7. The van der Waals surface area contributed by atoms with E-state index < -0.39 is 16.9 Å². The maximum absolute atomic E-state index is 9.31. The highest BCUT2D eigenvalue weighted by Gasteiger charge is 2.26. The van der Waals surface area contributed by atoms with E-state index in [0.29, 0.717) is 26.4 Å². The van der Waals surface area contributed by atoms with Crippen LogP contribution < -0.4 is 0 Å². The van der Waals surface area contributed by atoms with Gasteiger partial charge in [-0.1, -0.05) is 0 Å². The van der Waals surface area contributed by atoms with Crippen molar-refractivity contribution in [2.75, 3.05) is 46.9 Å². The summed E-state index contributed by atoms with van der Waals surface area (Å²) in [4.78, 5) is 0. The summed E-state index contributed by atoms with van der Waals surface area (Å²) in [5, 5.41) is 9.31. The van der Waals surface area contributed by atoms with Gasteiger partial charge in [0.05, 0.1) is 18.9 Å². The molecular formula is C15H36O6Si2. The lowest BCUT2D eigenvalue weighted by molar-refractivity contribution is -0.00931. The lowest BCUT2D eigenvalue weighted by atomic mass is 10.4. The first-order valence-electron chi connectivity index (χ1n) is 8.33. The summed E-state index contributed by atoms with van der Waals surface area (Å²) in [7, 11) is -0.438. The van der Waals surface area contributed by atoms with E-state index in [0.717, 1.165) is 18.9 Å². The van der Waals surface area contributed by atoms with Crippen LogP contribution in [0.25, 0.3) is 0 Å². The molecular weight excluding hydrogens is 332 g/mol. The van der Waals surface area contributed by atoms with Gasteiger partial charge >= 0.3 is 8.56 Å². The van der Waals surface area contributed by atoms with Crippen molar-refractivity contribution < 1.29 is 27.9 Å². The van der Waals surface area contributed by atoms with Gasteiger partial charge < -0.3 is 27.9 Å². The fraction of sp³-hybridized carbons (Fsp3) is 1.00. The number of hydrogen-bond donors (Lipinski definition) is 1. The molecule has 0 heterocycles. The Kier molecular flexibility index (Phi) is 12.6. The van der Waals surface area contributed by atoms with Crippen LogP contribution in [0, 0.1) is 0 Å². The Labute approximate surface area is 143 Å². The van der Waals surface area contributed by atoms with Crippen molar-refractivity contribution in [2.24, 2.45) is 0 Å². The zero-order valence-corrected chi connectivity index (χ0v) is 17.7. The number of rotatable bonds is 15. The standard InChI is InChI=1S/C15H36O6Si2/c1-15(20-10-8-12-23(6,14-16)18-3)13-19-9-7-11-21-22(4,5)17-2/h15-16H,7-14H2,1-6H3. The molecule has 0 saturated heterocycles. The fourth-order valence-electron chi connectivity index (χ4n) is 1.81. The molecule has 0 rings (SSSR count). The van der Waals surface area contributed by atoms with Crippen LogP contribution in [0.3, 0.4) is 0 Å². The molecule has 0 amide bonds. The van der Waals surface area contributed by atoms with Crippen molar-refractivity contribution in [1.29, 1.82) is 0 Å². The number of aliphatic hydroxyl groups excluding tert-OH is 1. The molecule has 0 aliphatic rings. The molecule has 1 N–H and O–H groups in total. The molecule has 0 saturated carbocycles. The minimum atomic E-state index is -1.91. The third kappa shape index (κ3) is 12.2. The van der Waals surface area contributed by atoms with E-state index in [4.69, 9.17) is 22.8 Å². The SMILES string of the molecule is CO[Si](C)(CO)CCCOC(C)COCCCO[Si](C)(C)OC. The van der Waals surface area contributed by atoms with E-state index in [-0.39, 0.29) is 12.3 Å². The summed E-state index contributed by atoms with van der Waals surface area (Å²) in [5.74, 6) is 0. The summed E-state index contributed by atoms with van der Waals surface area (Å²) in [5.41, 5.74) is 0. The lowest BCUT2D eigenvalue weighted by Crippen LogP contribution is -2.38. The first-order chi connectivity index (χ1) is 10.8. The van der Waals surface area contributed by atoms with Gasteiger partial charge in [-0.15, -0.1) is 0 Å². The number of aliphatic hydroxyl groups is 1. The normalized spacial score (nSPS) is 16.3. The molecule has 140 valence electrons. The van der Waals surface area contributed by atoms with E-state index in [1.807, 2.05) is 26.6 Å². The first-order valence-corrected chi connectivity index (χ1v) is 14.0. The Bertz CT molecular complexity index is 287. The molecule has 2 unspecified atom stereocenters. The number of hydrogen-bond acceptors (Lipinski definition) is 6. The largest absolute Gasteiger partial charge is 0.418 e. The minimum Gasteiger partial charge on any atom is -0.418 e. The molecule has 23 heavy (non-hydrogen) atoms. The molecule has 0 aliphatic heterocycles. The molecule has 2 atom stereocenters. The topological polar surface area (TPSA) is 66.4 Å². The maximum Gasteiger partial charge on any atom is 0.331 e. The molecule has 0 bridgehead atoms. The van der Waals surface area contributed by atoms with Crippen molar-refractivity contribution in [2.45, 2.75) is 51.6 Å². The molecule has 8 heteroatoms. The second-order valence-corrected chi connectivity index (χ2v) is 14.1. The lowest BCUT2D eigenvalue weighted by Gasteiger charge is -2.23. The van der Waals surface area contributed by atoms with E-state index >= 15 is 0 Å². The van der Waals surface area contributed by atoms with Gasteiger partial charge in [0.1, 0.15) is 0 Å². The van der Waals surface area contributed by atoms with Crippen LogP contribution in [0.15, 0.2) is 0 Å². The van der Waals surface area contributed by atoms with Gasteiger partial charge in [-0.3, -0.25) is 0 Å². The molecule has 0 spiro atoms. The van der Waals surface area contributed by atoms with E-state index in [2.05, 4.69) is 0 Å². The van der Waals surface area contributed by atoms with Crippen LogP contribution in [-0.4, -0.2) is 75.0 Å². The molecule has 0 aromatic rings. The van der Waals surface area contributed by atoms with Crippen LogP contribution in [0.4, 0.5) is 0 Å². The quantitative estimate of drug-likeness (QED) is 0.353. The zero-order valence-electron chi connectivity index (χ0n) is 15.7.